The SMILES string of the molecule is O=C(CCCOC(F)(F)F)NNC(=O)C12CC(NC(=O)COc3ccc(Cl)c(F)c3)(C1)C2. The van der Waals surface area contributed by atoms with Crippen LogP contribution in [0, 0.1) is 11.2 Å². The van der Waals surface area contributed by atoms with Crippen molar-refractivity contribution in [3.8, 4) is 5.75 Å². The molecule has 0 spiro atoms. The summed E-state index contributed by atoms with van der Waals surface area (Å²) in [7, 11) is 0. The molecule has 3 amide bonds. The van der Waals surface area contributed by atoms with E-state index in [0.717, 1.165) is 6.07 Å². The maximum absolute atomic E-state index is 13.4. The molecule has 0 radical (unpaired) electrons. The van der Waals surface area contributed by atoms with Crippen LogP contribution in [0.4, 0.5) is 17.6 Å². The number of halogens is 5. The maximum atomic E-state index is 13.4. The van der Waals surface area contributed by atoms with Crippen LogP contribution in [0.2, 0.25) is 5.02 Å². The van der Waals surface area contributed by atoms with Gasteiger partial charge in [-0.3, -0.25) is 30.0 Å². The minimum Gasteiger partial charge on any atom is -0.484 e. The maximum Gasteiger partial charge on any atom is 0.522 e. The van der Waals surface area contributed by atoms with E-state index in [9.17, 15) is 31.9 Å². The number of hydrazine groups is 1. The number of alkyl halides is 3. The zero-order chi connectivity index (χ0) is 23.6. The van der Waals surface area contributed by atoms with Crippen LogP contribution < -0.4 is 20.9 Å². The fourth-order valence-corrected chi connectivity index (χ4v) is 4.07. The number of rotatable bonds is 9. The van der Waals surface area contributed by atoms with E-state index in [-0.39, 0.29) is 30.2 Å². The predicted octanol–water partition coefficient (Wildman–Crippen LogP) is 2.36. The van der Waals surface area contributed by atoms with Gasteiger partial charge in [0.15, 0.2) is 6.61 Å². The lowest BCUT2D eigenvalue weighted by Gasteiger charge is -2.68. The van der Waals surface area contributed by atoms with Gasteiger partial charge in [-0.05, 0) is 37.8 Å². The minimum absolute atomic E-state index is 0.0640. The molecule has 176 valence electrons. The van der Waals surface area contributed by atoms with Gasteiger partial charge in [0.05, 0.1) is 17.0 Å². The van der Waals surface area contributed by atoms with E-state index in [1.54, 1.807) is 0 Å². The van der Waals surface area contributed by atoms with Crippen LogP contribution in [0.5, 0.6) is 5.75 Å². The normalized spacial score (nSPS) is 23.4. The lowest BCUT2D eigenvalue weighted by Crippen LogP contribution is -2.79. The van der Waals surface area contributed by atoms with Gasteiger partial charge < -0.3 is 10.1 Å². The summed E-state index contributed by atoms with van der Waals surface area (Å²) in [6, 6.07) is 3.80. The predicted molar refractivity (Wildman–Crippen MR) is 102 cm³/mol. The average molecular weight is 482 g/mol. The molecule has 3 saturated carbocycles. The van der Waals surface area contributed by atoms with Crippen LogP contribution in [0.15, 0.2) is 18.2 Å². The molecule has 4 rings (SSSR count). The molecule has 0 atom stereocenters. The number of ether oxygens (including phenoxy) is 2. The Hall–Kier alpha value is -2.60. The molecule has 32 heavy (non-hydrogen) atoms. The fourth-order valence-electron chi connectivity index (χ4n) is 3.95. The van der Waals surface area contributed by atoms with E-state index >= 15 is 0 Å². The molecule has 1 aromatic rings. The number of amides is 3. The summed E-state index contributed by atoms with van der Waals surface area (Å²) in [4.78, 5) is 35.9. The van der Waals surface area contributed by atoms with Gasteiger partial charge in [0.2, 0.25) is 11.8 Å². The van der Waals surface area contributed by atoms with Gasteiger partial charge >= 0.3 is 6.36 Å². The molecule has 0 heterocycles. The minimum atomic E-state index is -4.75. The van der Waals surface area contributed by atoms with E-state index in [2.05, 4.69) is 20.9 Å². The lowest BCUT2D eigenvalue weighted by atomic mass is 9.39. The molecule has 1 aromatic carbocycles. The van der Waals surface area contributed by atoms with E-state index in [1.807, 2.05) is 0 Å². The first-order chi connectivity index (χ1) is 14.9. The van der Waals surface area contributed by atoms with Gasteiger partial charge in [-0.25, -0.2) is 4.39 Å². The largest absolute Gasteiger partial charge is 0.522 e. The quantitative estimate of drug-likeness (QED) is 0.285. The smallest absolute Gasteiger partial charge is 0.484 e. The number of hydrogen-bond donors (Lipinski definition) is 3. The van der Waals surface area contributed by atoms with Crippen LogP contribution >= 0.6 is 11.6 Å². The summed E-state index contributed by atoms with van der Waals surface area (Å²) >= 11 is 5.58. The number of nitrogens with one attached hydrogen (secondary N) is 3. The number of hydrogen-bond acceptors (Lipinski definition) is 5. The van der Waals surface area contributed by atoms with Crippen LogP contribution in [-0.4, -0.2) is 42.8 Å². The van der Waals surface area contributed by atoms with Crippen molar-refractivity contribution in [1.82, 2.24) is 16.2 Å². The molecule has 8 nitrogen and oxygen atoms in total. The molecule has 3 fully saturated rings. The van der Waals surface area contributed by atoms with E-state index in [0.29, 0.717) is 19.3 Å². The van der Waals surface area contributed by atoms with Crippen LogP contribution in [0.25, 0.3) is 0 Å². The Labute approximate surface area is 184 Å². The van der Waals surface area contributed by atoms with Crippen LogP contribution in [0.1, 0.15) is 32.1 Å². The number of benzene rings is 1. The van der Waals surface area contributed by atoms with Gasteiger partial charge in [-0.15, -0.1) is 13.2 Å². The second-order valence-electron chi connectivity index (χ2n) is 7.90. The Balaban J connectivity index is 1.31. The van der Waals surface area contributed by atoms with Crippen molar-refractivity contribution in [3.05, 3.63) is 29.0 Å². The van der Waals surface area contributed by atoms with Crippen LogP contribution in [0.3, 0.4) is 0 Å². The zero-order valence-corrected chi connectivity index (χ0v) is 17.4. The molecule has 3 aliphatic rings. The Morgan fingerprint density at radius 1 is 1.09 bits per heavy atom. The molecule has 0 aliphatic heterocycles. The van der Waals surface area contributed by atoms with E-state index in [4.69, 9.17) is 16.3 Å². The summed E-state index contributed by atoms with van der Waals surface area (Å²) in [6.07, 6.45) is -4.03. The Morgan fingerprint density at radius 3 is 2.41 bits per heavy atom. The third kappa shape index (κ3) is 5.80. The summed E-state index contributed by atoms with van der Waals surface area (Å²) in [5, 5.41) is 2.73. The molecule has 0 aromatic heterocycles. The van der Waals surface area contributed by atoms with Crippen molar-refractivity contribution < 1.29 is 41.4 Å². The Bertz CT molecular complexity index is 892. The highest BCUT2D eigenvalue weighted by molar-refractivity contribution is 6.30. The molecule has 13 heteroatoms. The third-order valence-electron chi connectivity index (χ3n) is 5.31. The molecule has 3 N–H and O–H groups in total. The van der Waals surface area contributed by atoms with E-state index < -0.39 is 47.5 Å². The number of carbonyl (C=O) groups excluding carboxylic acids is 3. The monoisotopic (exact) mass is 481 g/mol. The summed E-state index contributed by atoms with van der Waals surface area (Å²) < 4.78 is 57.7. The zero-order valence-electron chi connectivity index (χ0n) is 16.6. The summed E-state index contributed by atoms with van der Waals surface area (Å²) in [5.41, 5.74) is 3.18. The van der Waals surface area contributed by atoms with Crippen molar-refractivity contribution in [2.24, 2.45) is 5.41 Å². The van der Waals surface area contributed by atoms with Crippen molar-refractivity contribution in [1.29, 1.82) is 0 Å². The highest BCUT2D eigenvalue weighted by Gasteiger charge is 2.72. The summed E-state index contributed by atoms with van der Waals surface area (Å²) in [6.45, 7) is -0.996. The molecule has 0 saturated heterocycles. The van der Waals surface area contributed by atoms with E-state index in [1.165, 1.54) is 12.1 Å². The standard InChI is InChI=1S/C19H20ClF4N3O5/c20-12-4-3-11(6-13(12)21)31-7-15(29)25-18-8-17(9-18,10-18)16(30)27-26-14(28)2-1-5-32-19(22,23)24/h3-4,6H,1-2,5,7-10H2,(H,25,29)(H,26,28)(H,27,30). The lowest BCUT2D eigenvalue weighted by molar-refractivity contribution is -0.324. The van der Waals surface area contributed by atoms with Crippen molar-refractivity contribution in [3.63, 3.8) is 0 Å². The Kier molecular flexibility index (Phi) is 6.84. The highest BCUT2D eigenvalue weighted by Crippen LogP contribution is 2.67. The van der Waals surface area contributed by atoms with Crippen LogP contribution in [-0.2, 0) is 19.1 Å². The molecule has 2 bridgehead atoms. The topological polar surface area (TPSA) is 106 Å². The molecule has 0 unspecified atom stereocenters. The van der Waals surface area contributed by atoms with Gasteiger partial charge in [0.1, 0.15) is 11.6 Å². The number of carbonyl (C=O) groups is 3. The molecular formula is C19H20ClF4N3O5. The first-order valence-electron chi connectivity index (χ1n) is 9.61. The Morgan fingerprint density at radius 2 is 1.78 bits per heavy atom. The first kappa shape index (κ1) is 24.1. The summed E-state index contributed by atoms with van der Waals surface area (Å²) in [5.74, 6) is -2.02. The average Bonchev–Trinajstić information content (AvgIpc) is 2.65. The van der Waals surface area contributed by atoms with Gasteiger partial charge in [0, 0.05) is 18.0 Å². The highest BCUT2D eigenvalue weighted by atomic mass is 35.5. The molecule has 3 aliphatic carbocycles. The third-order valence-corrected chi connectivity index (χ3v) is 5.61. The second kappa shape index (κ2) is 9.10. The first-order valence-corrected chi connectivity index (χ1v) is 9.99. The fraction of sp³-hybridized carbons (Fsp3) is 0.526. The van der Waals surface area contributed by atoms with Gasteiger partial charge in [-0.1, -0.05) is 11.6 Å². The second-order valence-corrected chi connectivity index (χ2v) is 8.31. The van der Waals surface area contributed by atoms with Crippen molar-refractivity contribution >= 4 is 29.3 Å². The van der Waals surface area contributed by atoms with Crippen molar-refractivity contribution in [2.75, 3.05) is 13.2 Å². The molecular weight excluding hydrogens is 462 g/mol. The van der Waals surface area contributed by atoms with Crippen molar-refractivity contribution in [2.45, 2.75) is 44.0 Å². The van der Waals surface area contributed by atoms with Gasteiger partial charge in [-0.2, -0.15) is 0 Å². The van der Waals surface area contributed by atoms with Gasteiger partial charge in [0.25, 0.3) is 5.91 Å².